The number of aromatic nitrogens is 2. The summed E-state index contributed by atoms with van der Waals surface area (Å²) in [7, 11) is 0. The van der Waals surface area contributed by atoms with E-state index in [-0.39, 0.29) is 18.0 Å². The van der Waals surface area contributed by atoms with Gasteiger partial charge in [0.25, 0.3) is 0 Å². The summed E-state index contributed by atoms with van der Waals surface area (Å²) < 4.78 is 1.60. The van der Waals surface area contributed by atoms with Gasteiger partial charge in [-0.25, -0.2) is 0 Å². The molecule has 0 aliphatic carbocycles. The fourth-order valence-electron chi connectivity index (χ4n) is 1.75. The molecule has 0 bridgehead atoms. The fraction of sp³-hybridized carbons (Fsp3) is 0.727. The zero-order valence-corrected chi connectivity index (χ0v) is 10.7. The standard InChI is InChI=1S/C11H19N3O3/c1-5-13-9(6-10(15)7(2)3)11(14(16)17)8(4)12-13/h7,10,15H,5-6H2,1-4H3. The van der Waals surface area contributed by atoms with E-state index in [2.05, 4.69) is 5.10 Å². The van der Waals surface area contributed by atoms with Crippen LogP contribution in [0.2, 0.25) is 0 Å². The van der Waals surface area contributed by atoms with Crippen LogP contribution in [0.15, 0.2) is 0 Å². The normalized spacial score (nSPS) is 13.1. The first-order valence-electron chi connectivity index (χ1n) is 5.77. The van der Waals surface area contributed by atoms with Crippen molar-refractivity contribution in [2.24, 2.45) is 5.92 Å². The van der Waals surface area contributed by atoms with Crippen molar-refractivity contribution in [1.29, 1.82) is 0 Å². The Hall–Kier alpha value is -1.43. The number of rotatable bonds is 5. The van der Waals surface area contributed by atoms with Gasteiger partial charge < -0.3 is 5.11 Å². The molecule has 1 atom stereocenters. The Kier molecular flexibility index (Phi) is 4.22. The Labute approximate surface area is 100 Å². The Morgan fingerprint density at radius 1 is 1.53 bits per heavy atom. The summed E-state index contributed by atoms with van der Waals surface area (Å²) in [6.45, 7) is 7.83. The number of hydrogen-bond acceptors (Lipinski definition) is 4. The van der Waals surface area contributed by atoms with Crippen LogP contribution in [0.5, 0.6) is 0 Å². The van der Waals surface area contributed by atoms with Gasteiger partial charge in [0.1, 0.15) is 11.4 Å². The lowest BCUT2D eigenvalue weighted by Crippen LogP contribution is -2.20. The van der Waals surface area contributed by atoms with Crippen LogP contribution in [-0.2, 0) is 13.0 Å². The lowest BCUT2D eigenvalue weighted by atomic mass is 10.0. The molecule has 0 spiro atoms. The molecule has 1 heterocycles. The molecule has 1 aromatic heterocycles. The summed E-state index contributed by atoms with van der Waals surface area (Å²) in [5.41, 5.74) is 0.950. The maximum atomic E-state index is 11.0. The van der Waals surface area contributed by atoms with E-state index in [9.17, 15) is 15.2 Å². The molecule has 0 fully saturated rings. The SMILES string of the molecule is CCn1nc(C)c([N+](=O)[O-])c1CC(O)C(C)C. The first-order chi connectivity index (χ1) is 7.88. The largest absolute Gasteiger partial charge is 0.392 e. The number of nitrogens with zero attached hydrogens (tertiary/aromatic N) is 3. The van der Waals surface area contributed by atoms with Gasteiger partial charge in [0.2, 0.25) is 0 Å². The number of nitro groups is 1. The van der Waals surface area contributed by atoms with Crippen LogP contribution in [0.3, 0.4) is 0 Å². The summed E-state index contributed by atoms with van der Waals surface area (Å²) in [5.74, 6) is 0.0649. The highest BCUT2D eigenvalue weighted by molar-refractivity contribution is 5.40. The molecule has 1 rings (SSSR count). The number of aliphatic hydroxyl groups is 1. The monoisotopic (exact) mass is 241 g/mol. The maximum Gasteiger partial charge on any atom is 0.313 e. The van der Waals surface area contributed by atoms with E-state index in [0.29, 0.717) is 17.9 Å². The first-order valence-corrected chi connectivity index (χ1v) is 5.77. The second-order valence-corrected chi connectivity index (χ2v) is 4.47. The Morgan fingerprint density at radius 3 is 2.53 bits per heavy atom. The molecule has 1 aromatic rings. The molecule has 0 aromatic carbocycles. The summed E-state index contributed by atoms with van der Waals surface area (Å²) >= 11 is 0. The number of aliphatic hydroxyl groups excluding tert-OH is 1. The third-order valence-corrected chi connectivity index (χ3v) is 2.85. The van der Waals surface area contributed by atoms with Crippen molar-refractivity contribution in [3.8, 4) is 0 Å². The quantitative estimate of drug-likeness (QED) is 0.628. The van der Waals surface area contributed by atoms with Crippen LogP contribution < -0.4 is 0 Å². The molecule has 1 unspecified atom stereocenters. The molecule has 17 heavy (non-hydrogen) atoms. The molecule has 6 nitrogen and oxygen atoms in total. The van der Waals surface area contributed by atoms with Crippen molar-refractivity contribution in [1.82, 2.24) is 9.78 Å². The summed E-state index contributed by atoms with van der Waals surface area (Å²) in [5, 5.41) is 25.0. The smallest absolute Gasteiger partial charge is 0.313 e. The van der Waals surface area contributed by atoms with Gasteiger partial charge in [0.05, 0.1) is 11.0 Å². The van der Waals surface area contributed by atoms with Crippen molar-refractivity contribution in [2.75, 3.05) is 0 Å². The highest BCUT2D eigenvalue weighted by Gasteiger charge is 2.27. The van der Waals surface area contributed by atoms with Crippen molar-refractivity contribution in [2.45, 2.75) is 46.8 Å². The van der Waals surface area contributed by atoms with Crippen molar-refractivity contribution >= 4 is 5.69 Å². The van der Waals surface area contributed by atoms with Crippen LogP contribution in [0.4, 0.5) is 5.69 Å². The van der Waals surface area contributed by atoms with Gasteiger partial charge in [-0.1, -0.05) is 13.8 Å². The summed E-state index contributed by atoms with van der Waals surface area (Å²) in [6, 6.07) is 0. The van der Waals surface area contributed by atoms with Gasteiger partial charge >= 0.3 is 5.69 Å². The highest BCUT2D eigenvalue weighted by atomic mass is 16.6. The maximum absolute atomic E-state index is 11.0. The second kappa shape index (κ2) is 5.27. The molecule has 0 amide bonds. The lowest BCUT2D eigenvalue weighted by Gasteiger charge is -2.14. The Morgan fingerprint density at radius 2 is 2.12 bits per heavy atom. The van der Waals surface area contributed by atoms with Gasteiger partial charge in [0, 0.05) is 13.0 Å². The minimum Gasteiger partial charge on any atom is -0.392 e. The molecule has 0 radical (unpaired) electrons. The Bertz CT molecular complexity index is 412. The van der Waals surface area contributed by atoms with Gasteiger partial charge in [-0.3, -0.25) is 14.8 Å². The topological polar surface area (TPSA) is 81.2 Å². The predicted octanol–water partition coefficient (Wildman–Crippen LogP) is 1.68. The van der Waals surface area contributed by atoms with Crippen molar-refractivity contribution < 1.29 is 10.0 Å². The Balaban J connectivity index is 3.15. The molecule has 1 N–H and O–H groups in total. The van der Waals surface area contributed by atoms with E-state index < -0.39 is 11.0 Å². The minimum absolute atomic E-state index is 0.0338. The molecular weight excluding hydrogens is 222 g/mol. The van der Waals surface area contributed by atoms with Gasteiger partial charge in [-0.2, -0.15) is 5.10 Å². The van der Waals surface area contributed by atoms with Crippen LogP contribution in [0.1, 0.15) is 32.2 Å². The van der Waals surface area contributed by atoms with Gasteiger partial charge in [-0.15, -0.1) is 0 Å². The summed E-state index contributed by atoms with van der Waals surface area (Å²) in [4.78, 5) is 10.6. The molecule has 0 aliphatic heterocycles. The number of hydrogen-bond donors (Lipinski definition) is 1. The molecule has 96 valence electrons. The molecule has 0 aliphatic rings. The fourth-order valence-corrected chi connectivity index (χ4v) is 1.75. The van der Waals surface area contributed by atoms with E-state index in [0.717, 1.165) is 0 Å². The third-order valence-electron chi connectivity index (χ3n) is 2.85. The van der Waals surface area contributed by atoms with E-state index >= 15 is 0 Å². The van der Waals surface area contributed by atoms with Gasteiger partial charge in [-0.05, 0) is 19.8 Å². The van der Waals surface area contributed by atoms with E-state index in [1.54, 1.807) is 11.6 Å². The molecular formula is C11H19N3O3. The van der Waals surface area contributed by atoms with E-state index in [4.69, 9.17) is 0 Å². The predicted molar refractivity (Wildman–Crippen MR) is 63.8 cm³/mol. The van der Waals surface area contributed by atoms with Crippen LogP contribution in [0.25, 0.3) is 0 Å². The van der Waals surface area contributed by atoms with Gasteiger partial charge in [0.15, 0.2) is 0 Å². The number of aryl methyl sites for hydroxylation is 2. The molecule has 0 saturated carbocycles. The summed E-state index contributed by atoms with van der Waals surface area (Å²) in [6.07, 6.45) is -0.321. The van der Waals surface area contributed by atoms with Crippen molar-refractivity contribution in [3.05, 3.63) is 21.5 Å². The van der Waals surface area contributed by atoms with Crippen molar-refractivity contribution in [3.63, 3.8) is 0 Å². The molecule has 6 heteroatoms. The van der Waals surface area contributed by atoms with Crippen LogP contribution >= 0.6 is 0 Å². The highest BCUT2D eigenvalue weighted by Crippen LogP contribution is 2.25. The van der Waals surface area contributed by atoms with E-state index in [1.165, 1.54) is 0 Å². The average Bonchev–Trinajstić information content (AvgIpc) is 2.54. The van der Waals surface area contributed by atoms with Crippen LogP contribution in [-0.4, -0.2) is 25.9 Å². The first kappa shape index (κ1) is 13.6. The van der Waals surface area contributed by atoms with E-state index in [1.807, 2.05) is 20.8 Å². The molecule has 0 saturated heterocycles. The third kappa shape index (κ3) is 2.82. The lowest BCUT2D eigenvalue weighted by molar-refractivity contribution is -0.386. The second-order valence-electron chi connectivity index (χ2n) is 4.47. The van der Waals surface area contributed by atoms with Crippen LogP contribution in [0, 0.1) is 23.0 Å². The minimum atomic E-state index is -0.588. The zero-order valence-electron chi connectivity index (χ0n) is 10.7. The zero-order chi connectivity index (χ0) is 13.2. The average molecular weight is 241 g/mol.